The van der Waals surface area contributed by atoms with E-state index in [0.29, 0.717) is 12.2 Å². The number of nitrogens with one attached hydrogen (secondary N) is 1. The second-order valence-electron chi connectivity index (χ2n) is 5.43. The topological polar surface area (TPSA) is 113 Å². The molecule has 0 radical (unpaired) electrons. The van der Waals surface area contributed by atoms with E-state index in [2.05, 4.69) is 5.32 Å². The van der Waals surface area contributed by atoms with Crippen molar-refractivity contribution < 1.29 is 29.3 Å². The number of hydrogen-bond acceptors (Lipinski definition) is 5. The van der Waals surface area contributed by atoms with Crippen LogP contribution in [-0.2, 0) is 14.3 Å². The molecule has 122 valence electrons. The van der Waals surface area contributed by atoms with Crippen LogP contribution >= 0.6 is 11.8 Å². The predicted octanol–water partition coefficient (Wildman–Crippen LogP) is 1.95. The van der Waals surface area contributed by atoms with Gasteiger partial charge in [-0.2, -0.15) is 0 Å². The standard InChI is InChI=1S/C13H23NO6S/c1-5-9(11(17)18)21-7-6-8(10(15)16)14-12(19)20-13(2,3)4/h8-9H,5-7H2,1-4H3,(H,14,19)(H,15,16)(H,17,18). The molecule has 7 nitrogen and oxygen atoms in total. The summed E-state index contributed by atoms with van der Waals surface area (Å²) < 4.78 is 4.99. The van der Waals surface area contributed by atoms with Gasteiger partial charge in [-0.05, 0) is 39.4 Å². The number of ether oxygens (including phenoxy) is 1. The molecule has 3 N–H and O–H groups in total. The van der Waals surface area contributed by atoms with Crippen molar-refractivity contribution in [3.05, 3.63) is 0 Å². The lowest BCUT2D eigenvalue weighted by atomic mass is 10.2. The van der Waals surface area contributed by atoms with Gasteiger partial charge in [0, 0.05) is 0 Å². The number of carboxylic acids is 2. The van der Waals surface area contributed by atoms with Crippen LogP contribution in [-0.4, -0.2) is 50.9 Å². The highest BCUT2D eigenvalue weighted by molar-refractivity contribution is 8.00. The third kappa shape index (κ3) is 9.17. The fourth-order valence-electron chi connectivity index (χ4n) is 1.40. The summed E-state index contributed by atoms with van der Waals surface area (Å²) in [5.74, 6) is -1.78. The summed E-state index contributed by atoms with van der Waals surface area (Å²) in [7, 11) is 0. The Morgan fingerprint density at radius 1 is 1.19 bits per heavy atom. The molecule has 0 heterocycles. The largest absolute Gasteiger partial charge is 0.480 e. The first kappa shape index (κ1) is 19.6. The monoisotopic (exact) mass is 321 g/mol. The van der Waals surface area contributed by atoms with Gasteiger partial charge < -0.3 is 20.3 Å². The Balaban J connectivity index is 4.35. The second-order valence-corrected chi connectivity index (χ2v) is 6.74. The number of alkyl carbamates (subject to hydrolysis) is 1. The van der Waals surface area contributed by atoms with Crippen molar-refractivity contribution in [3.63, 3.8) is 0 Å². The van der Waals surface area contributed by atoms with Gasteiger partial charge in [0.05, 0.1) is 0 Å². The molecule has 0 rings (SSSR count). The highest BCUT2D eigenvalue weighted by atomic mass is 32.2. The molecule has 0 fully saturated rings. The van der Waals surface area contributed by atoms with Crippen molar-refractivity contribution in [1.29, 1.82) is 0 Å². The molecule has 0 saturated carbocycles. The predicted molar refractivity (Wildman–Crippen MR) is 79.6 cm³/mol. The summed E-state index contributed by atoms with van der Waals surface area (Å²) in [5, 5.41) is 19.7. The molecule has 0 aromatic heterocycles. The van der Waals surface area contributed by atoms with E-state index >= 15 is 0 Å². The number of carbonyl (C=O) groups is 3. The van der Waals surface area contributed by atoms with Crippen molar-refractivity contribution >= 4 is 29.8 Å². The zero-order valence-corrected chi connectivity index (χ0v) is 13.5. The summed E-state index contributed by atoms with van der Waals surface area (Å²) in [6, 6.07) is -1.10. The molecule has 2 unspecified atom stereocenters. The van der Waals surface area contributed by atoms with Gasteiger partial charge in [-0.3, -0.25) is 4.79 Å². The number of amides is 1. The lowest BCUT2D eigenvalue weighted by Gasteiger charge is -2.22. The summed E-state index contributed by atoms with van der Waals surface area (Å²) in [6.07, 6.45) is -0.217. The summed E-state index contributed by atoms with van der Waals surface area (Å²) in [6.45, 7) is 6.78. The molecule has 0 aromatic carbocycles. The maximum absolute atomic E-state index is 11.5. The fraction of sp³-hybridized carbons (Fsp3) is 0.769. The SMILES string of the molecule is CCC(SCCC(NC(=O)OC(C)(C)C)C(=O)O)C(=O)O. The van der Waals surface area contributed by atoms with E-state index in [1.165, 1.54) is 0 Å². The van der Waals surface area contributed by atoms with Crippen LogP contribution in [0.3, 0.4) is 0 Å². The average molecular weight is 321 g/mol. The number of rotatable bonds is 8. The summed E-state index contributed by atoms with van der Waals surface area (Å²) in [5.41, 5.74) is -0.710. The molecule has 8 heteroatoms. The average Bonchev–Trinajstić information content (AvgIpc) is 2.29. The van der Waals surface area contributed by atoms with Crippen LogP contribution in [0.4, 0.5) is 4.79 Å². The van der Waals surface area contributed by atoms with Gasteiger partial charge in [0.1, 0.15) is 16.9 Å². The van der Waals surface area contributed by atoms with Gasteiger partial charge >= 0.3 is 18.0 Å². The van der Waals surface area contributed by atoms with Crippen molar-refractivity contribution in [2.45, 2.75) is 57.4 Å². The fourth-order valence-corrected chi connectivity index (χ4v) is 2.43. The van der Waals surface area contributed by atoms with Crippen molar-refractivity contribution in [1.82, 2.24) is 5.32 Å². The number of carbonyl (C=O) groups excluding carboxylic acids is 1. The Labute approximate surface area is 128 Å². The highest BCUT2D eigenvalue weighted by Crippen LogP contribution is 2.17. The van der Waals surface area contributed by atoms with Crippen LogP contribution < -0.4 is 5.32 Å². The minimum atomic E-state index is -1.18. The van der Waals surface area contributed by atoms with Crippen molar-refractivity contribution in [2.24, 2.45) is 0 Å². The lowest BCUT2D eigenvalue weighted by Crippen LogP contribution is -2.43. The first-order valence-electron chi connectivity index (χ1n) is 6.63. The van der Waals surface area contributed by atoms with Gasteiger partial charge in [-0.25, -0.2) is 9.59 Å². The van der Waals surface area contributed by atoms with Crippen LogP contribution in [0.15, 0.2) is 0 Å². The molecular formula is C13H23NO6S. The quantitative estimate of drug-likeness (QED) is 0.626. The molecule has 0 aliphatic carbocycles. The van der Waals surface area contributed by atoms with Crippen molar-refractivity contribution in [2.75, 3.05) is 5.75 Å². The molecule has 0 aliphatic rings. The zero-order valence-electron chi connectivity index (χ0n) is 12.7. The second kappa shape index (κ2) is 8.76. The highest BCUT2D eigenvalue weighted by Gasteiger charge is 2.24. The van der Waals surface area contributed by atoms with E-state index in [4.69, 9.17) is 14.9 Å². The molecule has 0 aliphatic heterocycles. The Morgan fingerprint density at radius 3 is 2.14 bits per heavy atom. The maximum Gasteiger partial charge on any atom is 0.408 e. The molecule has 0 bridgehead atoms. The number of thioether (sulfide) groups is 1. The normalized spacial score (nSPS) is 14.1. The van der Waals surface area contributed by atoms with Crippen LogP contribution in [0, 0.1) is 0 Å². The smallest absolute Gasteiger partial charge is 0.408 e. The van der Waals surface area contributed by atoms with Gasteiger partial charge in [-0.15, -0.1) is 11.8 Å². The van der Waals surface area contributed by atoms with E-state index in [0.717, 1.165) is 11.8 Å². The number of hydrogen-bond donors (Lipinski definition) is 3. The van der Waals surface area contributed by atoms with Gasteiger partial charge in [-0.1, -0.05) is 6.92 Å². The van der Waals surface area contributed by atoms with E-state index in [1.807, 2.05) is 0 Å². The van der Waals surface area contributed by atoms with E-state index in [9.17, 15) is 14.4 Å². The summed E-state index contributed by atoms with van der Waals surface area (Å²) >= 11 is 1.16. The Hall–Kier alpha value is -1.44. The molecule has 0 saturated heterocycles. The van der Waals surface area contributed by atoms with Crippen LogP contribution in [0.2, 0.25) is 0 Å². The van der Waals surface area contributed by atoms with Gasteiger partial charge in [0.15, 0.2) is 0 Å². The maximum atomic E-state index is 11.5. The third-order valence-corrected chi connectivity index (χ3v) is 3.77. The molecule has 2 atom stereocenters. The van der Waals surface area contributed by atoms with Gasteiger partial charge in [0.25, 0.3) is 0 Å². The first-order chi connectivity index (χ1) is 9.56. The van der Waals surface area contributed by atoms with Crippen LogP contribution in [0.5, 0.6) is 0 Å². The molecule has 0 aromatic rings. The third-order valence-electron chi connectivity index (χ3n) is 2.36. The minimum absolute atomic E-state index is 0.128. The Bertz CT molecular complexity index is 379. The van der Waals surface area contributed by atoms with E-state index in [-0.39, 0.29) is 6.42 Å². The zero-order chi connectivity index (χ0) is 16.6. The van der Waals surface area contributed by atoms with E-state index in [1.54, 1.807) is 27.7 Å². The first-order valence-corrected chi connectivity index (χ1v) is 7.68. The lowest BCUT2D eigenvalue weighted by molar-refractivity contribution is -0.139. The number of carboxylic acid groups (broad SMARTS) is 2. The van der Waals surface area contributed by atoms with Crippen molar-refractivity contribution in [3.8, 4) is 0 Å². The van der Waals surface area contributed by atoms with Crippen LogP contribution in [0.1, 0.15) is 40.5 Å². The van der Waals surface area contributed by atoms with E-state index < -0.39 is 34.9 Å². The Kier molecular flexibility index (Phi) is 8.16. The van der Waals surface area contributed by atoms with Gasteiger partial charge in [0.2, 0.25) is 0 Å². The molecule has 0 spiro atoms. The molecule has 1 amide bonds. The van der Waals surface area contributed by atoms with Crippen LogP contribution in [0.25, 0.3) is 0 Å². The molecular weight excluding hydrogens is 298 g/mol. The number of aliphatic carboxylic acids is 2. The summed E-state index contributed by atoms with van der Waals surface area (Å²) in [4.78, 5) is 33.5. The Morgan fingerprint density at radius 2 is 1.76 bits per heavy atom. The minimum Gasteiger partial charge on any atom is -0.480 e. The molecule has 21 heavy (non-hydrogen) atoms.